The predicted molar refractivity (Wildman–Crippen MR) is 140 cm³/mol. The first-order valence-electron chi connectivity index (χ1n) is 11.4. The lowest BCUT2D eigenvalue weighted by Gasteiger charge is -2.11. The van der Waals surface area contributed by atoms with Crippen LogP contribution in [0.5, 0.6) is 0 Å². The zero-order valence-corrected chi connectivity index (χ0v) is 21.1. The fraction of sp³-hybridized carbons (Fsp3) is 0.231. The fourth-order valence-corrected chi connectivity index (χ4v) is 4.22. The van der Waals surface area contributed by atoms with Gasteiger partial charge >= 0.3 is 0 Å². The molecule has 10 heteroatoms. The van der Waals surface area contributed by atoms with Crippen LogP contribution in [0.15, 0.2) is 53.1 Å². The molecule has 1 unspecified atom stereocenters. The molecule has 0 fully saturated rings. The zero-order valence-electron chi connectivity index (χ0n) is 20.4. The van der Waals surface area contributed by atoms with Crippen molar-refractivity contribution < 1.29 is 14.1 Å². The molecule has 9 nitrogen and oxygen atoms in total. The van der Waals surface area contributed by atoms with Crippen LogP contribution in [0.4, 0.5) is 11.7 Å². The molecule has 2 aromatic carbocycles. The van der Waals surface area contributed by atoms with Gasteiger partial charge in [-0.15, -0.1) is 0 Å². The molecule has 1 atom stereocenters. The topological polar surface area (TPSA) is 142 Å². The molecule has 4 aromatic rings. The van der Waals surface area contributed by atoms with Crippen LogP contribution >= 0.6 is 11.6 Å². The molecule has 2 aromatic heterocycles. The van der Waals surface area contributed by atoms with E-state index in [0.717, 1.165) is 11.1 Å². The largest absolute Gasteiger partial charge is 0.383 e. The summed E-state index contributed by atoms with van der Waals surface area (Å²) in [5.41, 5.74) is 16.0. The van der Waals surface area contributed by atoms with Gasteiger partial charge in [0.25, 0.3) is 5.91 Å². The number of primary amides is 1. The summed E-state index contributed by atoms with van der Waals surface area (Å²) < 4.78 is 6.86. The van der Waals surface area contributed by atoms with Crippen molar-refractivity contribution in [3.05, 3.63) is 70.2 Å². The normalized spacial score (nSPS) is 12.1. The number of rotatable bonds is 7. The quantitative estimate of drug-likeness (QED) is 0.315. The van der Waals surface area contributed by atoms with Crippen LogP contribution in [0.3, 0.4) is 0 Å². The number of hydrogen-bond donors (Lipinski definition) is 3. The minimum Gasteiger partial charge on any atom is -0.383 e. The van der Waals surface area contributed by atoms with Crippen LogP contribution in [-0.4, -0.2) is 26.8 Å². The van der Waals surface area contributed by atoms with Crippen LogP contribution in [0.1, 0.15) is 54.2 Å². The minimum atomic E-state index is -0.649. The van der Waals surface area contributed by atoms with E-state index in [4.69, 9.17) is 27.6 Å². The third-order valence-electron chi connectivity index (χ3n) is 5.92. The Kier molecular flexibility index (Phi) is 6.85. The van der Waals surface area contributed by atoms with E-state index in [9.17, 15) is 9.59 Å². The van der Waals surface area contributed by atoms with Gasteiger partial charge in [-0.1, -0.05) is 53.2 Å². The molecule has 0 bridgehead atoms. The second kappa shape index (κ2) is 9.87. The van der Waals surface area contributed by atoms with Crippen LogP contribution in [-0.2, 0) is 4.79 Å². The van der Waals surface area contributed by atoms with Gasteiger partial charge in [0.2, 0.25) is 11.8 Å². The minimum absolute atomic E-state index is 0.0431. The Hall–Kier alpha value is -4.11. The Bertz CT molecular complexity index is 1440. The third kappa shape index (κ3) is 4.83. The lowest BCUT2D eigenvalue weighted by Crippen LogP contribution is -2.18. The number of carbonyl (C=O) groups is 2. The van der Waals surface area contributed by atoms with Crippen LogP contribution in [0, 0.1) is 6.92 Å². The summed E-state index contributed by atoms with van der Waals surface area (Å²) in [5, 5.41) is 11.8. The van der Waals surface area contributed by atoms with Crippen molar-refractivity contribution >= 4 is 35.1 Å². The molecule has 2 heterocycles. The van der Waals surface area contributed by atoms with Gasteiger partial charge in [-0.05, 0) is 44.9 Å². The first-order valence-corrected chi connectivity index (χ1v) is 11.8. The summed E-state index contributed by atoms with van der Waals surface area (Å²) in [4.78, 5) is 24.9. The molecular weight excluding hydrogens is 480 g/mol. The van der Waals surface area contributed by atoms with Gasteiger partial charge in [0.05, 0.1) is 10.9 Å². The number of hydrogen-bond acceptors (Lipinski definition) is 6. The maximum Gasteiger partial charge on any atom is 0.254 e. The maximum atomic E-state index is 12.9. The number of benzene rings is 2. The van der Waals surface area contributed by atoms with Crippen molar-refractivity contribution in [3.8, 4) is 22.5 Å². The second-order valence-electron chi connectivity index (χ2n) is 8.90. The molecule has 0 spiro atoms. The number of aromatic nitrogens is 3. The zero-order chi connectivity index (χ0) is 26.1. The lowest BCUT2D eigenvalue weighted by molar-refractivity contribution is -0.117. The molecular formula is C26H27ClN6O3. The van der Waals surface area contributed by atoms with E-state index < -0.39 is 11.8 Å². The van der Waals surface area contributed by atoms with E-state index in [2.05, 4.69) is 15.6 Å². The average Bonchev–Trinajstić information content (AvgIpc) is 3.43. The summed E-state index contributed by atoms with van der Waals surface area (Å²) >= 11 is 6.31. The standard InChI is InChI=1S/C26H27ClN6O3/c1-13(2)33-24(28)22(25(29)34)23(31-33)17-8-6-16(7-9-17)15(4)26(35)30-21-12-20(32-36-21)18-10-5-14(3)11-19(18)27/h5-13,15H,28H2,1-4H3,(H2,29,34)(H,30,35). The van der Waals surface area contributed by atoms with E-state index in [1.165, 1.54) is 0 Å². The highest BCUT2D eigenvalue weighted by Gasteiger charge is 2.23. The Morgan fingerprint density at radius 2 is 1.78 bits per heavy atom. The van der Waals surface area contributed by atoms with Gasteiger partial charge in [0.1, 0.15) is 22.8 Å². The lowest BCUT2D eigenvalue weighted by atomic mass is 9.97. The van der Waals surface area contributed by atoms with E-state index in [-0.39, 0.29) is 29.2 Å². The summed E-state index contributed by atoms with van der Waals surface area (Å²) in [6.45, 7) is 7.55. The molecule has 0 aliphatic rings. The summed E-state index contributed by atoms with van der Waals surface area (Å²) in [7, 11) is 0. The smallest absolute Gasteiger partial charge is 0.254 e. The highest BCUT2D eigenvalue weighted by Crippen LogP contribution is 2.32. The molecule has 0 saturated carbocycles. The van der Waals surface area contributed by atoms with Crippen molar-refractivity contribution in [1.82, 2.24) is 14.9 Å². The predicted octanol–water partition coefficient (Wildman–Crippen LogP) is 5.17. The SMILES string of the molecule is Cc1ccc(-c2cc(NC(=O)C(C)c3ccc(-c4nn(C(C)C)c(N)c4C(N)=O)cc3)on2)c(Cl)c1. The van der Waals surface area contributed by atoms with Gasteiger partial charge in [-0.3, -0.25) is 14.9 Å². The summed E-state index contributed by atoms with van der Waals surface area (Å²) in [6, 6.07) is 14.4. The van der Waals surface area contributed by atoms with E-state index in [1.807, 2.05) is 39.0 Å². The number of carbonyl (C=O) groups excluding carboxylic acids is 2. The average molecular weight is 507 g/mol. The molecule has 0 radical (unpaired) electrons. The van der Waals surface area contributed by atoms with Crippen molar-refractivity contribution in [2.75, 3.05) is 11.1 Å². The first-order chi connectivity index (χ1) is 17.1. The number of nitrogens with two attached hydrogens (primary N) is 2. The van der Waals surface area contributed by atoms with Gasteiger partial charge in [-0.2, -0.15) is 5.10 Å². The summed E-state index contributed by atoms with van der Waals surface area (Å²) in [5.74, 6) is -0.973. The Morgan fingerprint density at radius 3 is 2.39 bits per heavy atom. The van der Waals surface area contributed by atoms with Crippen molar-refractivity contribution in [2.45, 2.75) is 39.7 Å². The number of nitrogens with one attached hydrogen (secondary N) is 1. The van der Waals surface area contributed by atoms with Crippen molar-refractivity contribution in [2.24, 2.45) is 5.73 Å². The highest BCUT2D eigenvalue weighted by molar-refractivity contribution is 6.33. The van der Waals surface area contributed by atoms with Crippen molar-refractivity contribution in [1.29, 1.82) is 0 Å². The first kappa shape index (κ1) is 25.0. The monoisotopic (exact) mass is 506 g/mol. The number of halogens is 1. The third-order valence-corrected chi connectivity index (χ3v) is 6.23. The molecule has 0 saturated heterocycles. The number of amides is 2. The Labute approximate surface area is 213 Å². The van der Waals surface area contributed by atoms with E-state index in [1.54, 1.807) is 41.9 Å². The molecule has 4 rings (SSSR count). The molecule has 2 amide bonds. The molecule has 186 valence electrons. The number of nitrogen functional groups attached to an aromatic ring is 1. The Balaban J connectivity index is 1.51. The number of aryl methyl sites for hydroxylation is 1. The van der Waals surface area contributed by atoms with E-state index >= 15 is 0 Å². The van der Waals surface area contributed by atoms with Gasteiger partial charge in [-0.25, -0.2) is 4.68 Å². The van der Waals surface area contributed by atoms with Gasteiger partial charge in [0.15, 0.2) is 0 Å². The van der Waals surface area contributed by atoms with Crippen molar-refractivity contribution in [3.63, 3.8) is 0 Å². The van der Waals surface area contributed by atoms with E-state index in [0.29, 0.717) is 27.5 Å². The second-order valence-corrected chi connectivity index (χ2v) is 9.31. The van der Waals surface area contributed by atoms with Crippen LogP contribution < -0.4 is 16.8 Å². The van der Waals surface area contributed by atoms with Crippen LogP contribution in [0.2, 0.25) is 5.02 Å². The summed E-state index contributed by atoms with van der Waals surface area (Å²) in [6.07, 6.45) is 0. The molecule has 5 N–H and O–H groups in total. The molecule has 0 aliphatic carbocycles. The molecule has 36 heavy (non-hydrogen) atoms. The molecule has 0 aliphatic heterocycles. The number of anilines is 2. The highest BCUT2D eigenvalue weighted by atomic mass is 35.5. The van der Waals surface area contributed by atoms with Gasteiger partial charge < -0.3 is 16.0 Å². The number of nitrogens with zero attached hydrogens (tertiary/aromatic N) is 3. The van der Waals surface area contributed by atoms with Gasteiger partial charge in [0, 0.05) is 23.2 Å². The maximum absolute atomic E-state index is 12.9. The Morgan fingerprint density at radius 1 is 1.08 bits per heavy atom. The van der Waals surface area contributed by atoms with Crippen LogP contribution in [0.25, 0.3) is 22.5 Å². The fourth-order valence-electron chi connectivity index (χ4n) is 3.89.